The van der Waals surface area contributed by atoms with Gasteiger partial charge in [0.2, 0.25) is 5.82 Å². The van der Waals surface area contributed by atoms with Crippen molar-refractivity contribution in [2.45, 2.75) is 51.9 Å². The highest BCUT2D eigenvalue weighted by molar-refractivity contribution is 6.05. The second-order valence-electron chi connectivity index (χ2n) is 9.46. The Bertz CT molecular complexity index is 1530. The molecule has 4 rings (SSSR count). The highest BCUT2D eigenvalue weighted by atomic mass is 19.4. The van der Waals surface area contributed by atoms with Crippen LogP contribution in [0.15, 0.2) is 59.1 Å². The van der Waals surface area contributed by atoms with Gasteiger partial charge in [0.15, 0.2) is 11.1 Å². The quantitative estimate of drug-likeness (QED) is 0.217. The minimum Gasteiger partial charge on any atom is -0.480 e. The molecule has 0 unspecified atom stereocenters. The Morgan fingerprint density at radius 1 is 1.02 bits per heavy atom. The normalized spacial score (nSPS) is 12.1. The number of halogens is 3. The molecule has 2 heterocycles. The van der Waals surface area contributed by atoms with Crippen LogP contribution in [0, 0.1) is 12.8 Å². The number of carboxylic acid groups (broad SMARTS) is 2. The SMILES string of the molecule is CCC(CC)C(C(=O)O)(C(=O)O)c1cccc(Cn2nc(-c3nc(-c4ccc(OC(F)(F)F)cc4)no3)cc2C)c1. The predicted octanol–water partition coefficient (Wildman–Crippen LogP) is 5.70. The molecule has 13 heteroatoms. The number of rotatable bonds is 11. The Kier molecular flexibility index (Phi) is 8.17. The van der Waals surface area contributed by atoms with Crippen molar-refractivity contribution in [2.75, 3.05) is 0 Å². The third kappa shape index (κ3) is 5.93. The molecule has 0 bridgehead atoms. The number of nitrogens with zero attached hydrogens (tertiary/aromatic N) is 4. The fraction of sp³-hybridized carbons (Fsp3) is 0.321. The van der Waals surface area contributed by atoms with Crippen molar-refractivity contribution in [3.05, 3.63) is 71.4 Å². The zero-order valence-corrected chi connectivity index (χ0v) is 22.3. The van der Waals surface area contributed by atoms with Gasteiger partial charge in [0.25, 0.3) is 5.89 Å². The van der Waals surface area contributed by atoms with Crippen molar-refractivity contribution >= 4 is 11.9 Å². The maximum Gasteiger partial charge on any atom is 0.573 e. The Labute approximate surface area is 232 Å². The average molecular weight is 573 g/mol. The second kappa shape index (κ2) is 11.4. The zero-order chi connectivity index (χ0) is 29.9. The summed E-state index contributed by atoms with van der Waals surface area (Å²) in [6, 6.07) is 13.2. The molecule has 0 radical (unpaired) electrons. The van der Waals surface area contributed by atoms with Crippen molar-refractivity contribution in [2.24, 2.45) is 5.92 Å². The first-order valence-corrected chi connectivity index (χ1v) is 12.7. The number of hydrogen-bond donors (Lipinski definition) is 2. The van der Waals surface area contributed by atoms with Crippen molar-refractivity contribution < 1.29 is 42.2 Å². The van der Waals surface area contributed by atoms with Gasteiger partial charge in [0.1, 0.15) is 5.75 Å². The number of aromatic nitrogens is 4. The van der Waals surface area contributed by atoms with Crippen molar-refractivity contribution in [1.82, 2.24) is 19.9 Å². The first-order valence-electron chi connectivity index (χ1n) is 12.7. The third-order valence-electron chi connectivity index (χ3n) is 6.96. The van der Waals surface area contributed by atoms with Gasteiger partial charge in [-0.25, -0.2) is 0 Å². The molecule has 0 amide bonds. The third-order valence-corrected chi connectivity index (χ3v) is 6.96. The number of benzene rings is 2. The summed E-state index contributed by atoms with van der Waals surface area (Å²) in [5, 5.41) is 28.6. The van der Waals surface area contributed by atoms with E-state index in [4.69, 9.17) is 4.52 Å². The standard InChI is InChI=1S/C28H27F3N4O6/c1-4-19(5-2)27(25(36)37,26(38)39)20-8-6-7-17(14-20)15-35-16(3)13-22(33-35)24-32-23(34-41-24)18-9-11-21(12-10-18)40-28(29,30)31/h6-14,19H,4-5,15H2,1-3H3,(H,36,37)(H,38,39). The van der Waals surface area contributed by atoms with E-state index in [0.717, 1.165) is 12.1 Å². The maximum absolute atomic E-state index is 12.4. The lowest BCUT2D eigenvalue weighted by atomic mass is 9.67. The van der Waals surface area contributed by atoms with Crippen LogP contribution in [-0.4, -0.2) is 48.4 Å². The van der Waals surface area contributed by atoms with Gasteiger partial charge in [-0.3, -0.25) is 14.3 Å². The first kappa shape index (κ1) is 29.3. The lowest BCUT2D eigenvalue weighted by Gasteiger charge is -2.33. The van der Waals surface area contributed by atoms with Crippen LogP contribution in [-0.2, 0) is 21.5 Å². The number of aryl methyl sites for hydroxylation is 1. The molecular formula is C28H27F3N4O6. The summed E-state index contributed by atoms with van der Waals surface area (Å²) in [6.45, 7) is 5.54. The van der Waals surface area contributed by atoms with E-state index in [2.05, 4.69) is 20.0 Å². The van der Waals surface area contributed by atoms with Crippen LogP contribution >= 0.6 is 0 Å². The molecule has 0 aliphatic carbocycles. The summed E-state index contributed by atoms with van der Waals surface area (Å²) in [4.78, 5) is 29.1. The van der Waals surface area contributed by atoms with Crippen LogP contribution in [0.5, 0.6) is 5.75 Å². The lowest BCUT2D eigenvalue weighted by molar-refractivity contribution is -0.274. The van der Waals surface area contributed by atoms with E-state index in [-0.39, 0.29) is 29.6 Å². The Balaban J connectivity index is 1.59. The molecule has 10 nitrogen and oxygen atoms in total. The molecule has 0 fully saturated rings. The molecule has 0 saturated carbocycles. The molecule has 0 aliphatic heterocycles. The minimum absolute atomic E-state index is 0.0794. The zero-order valence-electron chi connectivity index (χ0n) is 22.3. The average Bonchev–Trinajstić information content (AvgIpc) is 3.53. The van der Waals surface area contributed by atoms with E-state index in [9.17, 15) is 33.0 Å². The Hall–Kier alpha value is -4.68. The topological polar surface area (TPSA) is 141 Å². The maximum atomic E-state index is 12.4. The highest BCUT2D eigenvalue weighted by Gasteiger charge is 2.53. The number of carboxylic acids is 2. The summed E-state index contributed by atoms with van der Waals surface area (Å²) < 4.78 is 48.0. The van der Waals surface area contributed by atoms with E-state index < -0.39 is 29.6 Å². The van der Waals surface area contributed by atoms with E-state index in [1.165, 1.54) is 18.2 Å². The van der Waals surface area contributed by atoms with Crippen molar-refractivity contribution in [3.63, 3.8) is 0 Å². The number of ether oxygens (including phenoxy) is 1. The second-order valence-corrected chi connectivity index (χ2v) is 9.46. The van der Waals surface area contributed by atoms with Crippen LogP contribution in [0.4, 0.5) is 13.2 Å². The number of aliphatic carboxylic acids is 2. The fourth-order valence-electron chi connectivity index (χ4n) is 4.94. The summed E-state index contributed by atoms with van der Waals surface area (Å²) in [7, 11) is 0. The van der Waals surface area contributed by atoms with Gasteiger partial charge in [-0.1, -0.05) is 56.1 Å². The van der Waals surface area contributed by atoms with E-state index in [1.807, 2.05) is 0 Å². The van der Waals surface area contributed by atoms with Crippen LogP contribution in [0.1, 0.15) is 43.5 Å². The molecule has 0 aliphatic rings. The first-order chi connectivity index (χ1) is 19.4. The molecule has 2 aromatic carbocycles. The monoisotopic (exact) mass is 572 g/mol. The van der Waals surface area contributed by atoms with Crippen LogP contribution < -0.4 is 4.74 Å². The Morgan fingerprint density at radius 2 is 1.68 bits per heavy atom. The summed E-state index contributed by atoms with van der Waals surface area (Å²) in [5.41, 5.74) is 0.187. The molecule has 2 N–H and O–H groups in total. The number of carbonyl (C=O) groups is 2. The van der Waals surface area contributed by atoms with Crippen molar-refractivity contribution in [1.29, 1.82) is 0 Å². The molecule has 2 aromatic heterocycles. The molecule has 216 valence electrons. The number of hydrogen-bond acceptors (Lipinski definition) is 7. The molecule has 0 spiro atoms. The smallest absolute Gasteiger partial charge is 0.480 e. The van der Waals surface area contributed by atoms with Gasteiger partial charge in [0, 0.05) is 11.3 Å². The van der Waals surface area contributed by atoms with E-state index in [0.29, 0.717) is 35.4 Å². The predicted molar refractivity (Wildman–Crippen MR) is 139 cm³/mol. The van der Waals surface area contributed by atoms with Crippen LogP contribution in [0.25, 0.3) is 23.0 Å². The van der Waals surface area contributed by atoms with Gasteiger partial charge in [-0.05, 0) is 54.3 Å². The summed E-state index contributed by atoms with van der Waals surface area (Å²) in [5.74, 6) is -3.61. The van der Waals surface area contributed by atoms with Gasteiger partial charge >= 0.3 is 18.3 Å². The fourth-order valence-corrected chi connectivity index (χ4v) is 4.94. The largest absolute Gasteiger partial charge is 0.573 e. The Morgan fingerprint density at radius 3 is 2.27 bits per heavy atom. The number of alkyl halides is 3. The van der Waals surface area contributed by atoms with Crippen molar-refractivity contribution in [3.8, 4) is 28.7 Å². The summed E-state index contributed by atoms with van der Waals surface area (Å²) in [6.07, 6.45) is -4.06. The van der Waals surface area contributed by atoms with Gasteiger partial charge in [0.05, 0.1) is 6.54 Å². The minimum atomic E-state index is -4.80. The highest BCUT2D eigenvalue weighted by Crippen LogP contribution is 2.38. The summed E-state index contributed by atoms with van der Waals surface area (Å²) >= 11 is 0. The molecule has 4 aromatic rings. The molecule has 0 saturated heterocycles. The molecule has 41 heavy (non-hydrogen) atoms. The van der Waals surface area contributed by atoms with Crippen LogP contribution in [0.2, 0.25) is 0 Å². The molecule has 0 atom stereocenters. The van der Waals surface area contributed by atoms with Gasteiger partial charge < -0.3 is 19.5 Å². The van der Waals surface area contributed by atoms with Gasteiger partial charge in [-0.15, -0.1) is 13.2 Å². The van der Waals surface area contributed by atoms with Crippen LogP contribution in [0.3, 0.4) is 0 Å². The lowest BCUT2D eigenvalue weighted by Crippen LogP contribution is -2.49. The van der Waals surface area contributed by atoms with E-state index >= 15 is 0 Å². The van der Waals surface area contributed by atoms with E-state index in [1.54, 1.807) is 49.7 Å². The van der Waals surface area contributed by atoms with Gasteiger partial charge in [-0.2, -0.15) is 10.1 Å². The molecular weight excluding hydrogens is 545 g/mol.